The molecule has 7 heteroatoms. The van der Waals surface area contributed by atoms with E-state index in [1.165, 1.54) is 89.9 Å². The second-order valence-electron chi connectivity index (χ2n) is 9.65. The van der Waals surface area contributed by atoms with E-state index in [1.807, 2.05) is 7.05 Å². The van der Waals surface area contributed by atoms with Gasteiger partial charge in [0.1, 0.15) is 6.10 Å². The summed E-state index contributed by atoms with van der Waals surface area (Å²) in [4.78, 5) is 21.6. The van der Waals surface area contributed by atoms with Crippen LogP contribution in [0.2, 0.25) is 0 Å². The fourth-order valence-electron chi connectivity index (χ4n) is 3.98. The van der Waals surface area contributed by atoms with Crippen molar-refractivity contribution in [2.45, 2.75) is 136 Å². The first-order chi connectivity index (χ1) is 16.5. The fourth-order valence-corrected chi connectivity index (χ4v) is 4.60. The number of hydrogen-bond acceptors (Lipinski definition) is 6. The molecule has 0 aromatic heterocycles. The van der Waals surface area contributed by atoms with E-state index < -0.39 is 8.60 Å². The van der Waals surface area contributed by atoms with Crippen LogP contribution in [0.5, 0.6) is 0 Å². The van der Waals surface area contributed by atoms with Crippen molar-refractivity contribution >= 4 is 14.6 Å². The summed E-state index contributed by atoms with van der Waals surface area (Å²) in [6.07, 6.45) is 20.9. The Bertz CT molecular complexity index is 441. The Morgan fingerprint density at radius 2 is 1.38 bits per heavy atom. The molecular formula is C27H56NO5P. The maximum absolute atomic E-state index is 11.8. The Balaban J connectivity index is 3.81. The topological polar surface area (TPSA) is 77.0 Å². The molecule has 3 unspecified atom stereocenters. The van der Waals surface area contributed by atoms with Gasteiger partial charge in [-0.05, 0) is 25.8 Å². The van der Waals surface area contributed by atoms with E-state index in [2.05, 4.69) is 19.2 Å². The predicted molar refractivity (Wildman–Crippen MR) is 144 cm³/mol. The highest BCUT2D eigenvalue weighted by atomic mass is 31.2. The predicted octanol–water partition coefficient (Wildman–Crippen LogP) is 7.68. The maximum Gasteiger partial charge on any atom is 0.330 e. The molecular weight excluding hydrogens is 449 g/mol. The Morgan fingerprint density at radius 3 is 1.91 bits per heavy atom. The lowest BCUT2D eigenvalue weighted by atomic mass is 9.96. The van der Waals surface area contributed by atoms with Crippen molar-refractivity contribution in [3.8, 4) is 0 Å². The van der Waals surface area contributed by atoms with Gasteiger partial charge in [-0.1, -0.05) is 111 Å². The third kappa shape index (κ3) is 23.5. The quantitative estimate of drug-likeness (QED) is 0.0713. The van der Waals surface area contributed by atoms with E-state index >= 15 is 0 Å². The van der Waals surface area contributed by atoms with Crippen molar-refractivity contribution in [2.75, 3.05) is 26.8 Å². The molecule has 0 fully saturated rings. The second-order valence-corrected chi connectivity index (χ2v) is 10.6. The van der Waals surface area contributed by atoms with Crippen LogP contribution in [0, 0.1) is 5.92 Å². The molecule has 0 aromatic rings. The molecule has 0 heterocycles. The Hall–Kier alpha value is -0.260. The van der Waals surface area contributed by atoms with E-state index in [9.17, 15) is 9.69 Å². The molecule has 0 spiro atoms. The van der Waals surface area contributed by atoms with Gasteiger partial charge in [0.2, 0.25) is 0 Å². The van der Waals surface area contributed by atoms with Crippen LogP contribution >= 0.6 is 8.60 Å². The summed E-state index contributed by atoms with van der Waals surface area (Å²) < 4.78 is 16.1. The smallest absolute Gasteiger partial charge is 0.330 e. The van der Waals surface area contributed by atoms with E-state index in [4.69, 9.17) is 13.8 Å². The van der Waals surface area contributed by atoms with Crippen LogP contribution in [0.15, 0.2) is 0 Å². The molecule has 0 aliphatic carbocycles. The number of ether oxygens (including phenoxy) is 1. The number of nitrogens with one attached hydrogen (secondary N) is 1. The van der Waals surface area contributed by atoms with Gasteiger partial charge in [0.05, 0.1) is 13.2 Å². The first-order valence-corrected chi connectivity index (χ1v) is 15.2. The van der Waals surface area contributed by atoms with E-state index in [-0.39, 0.29) is 18.7 Å². The summed E-state index contributed by atoms with van der Waals surface area (Å²) in [6.45, 7) is 7.55. The average molecular weight is 506 g/mol. The summed E-state index contributed by atoms with van der Waals surface area (Å²) in [5.74, 6) is 0.370. The van der Waals surface area contributed by atoms with Crippen LogP contribution in [0.1, 0.15) is 130 Å². The first kappa shape index (κ1) is 33.7. The Kier molecular flexibility index (Phi) is 25.6. The van der Waals surface area contributed by atoms with Crippen molar-refractivity contribution in [3.63, 3.8) is 0 Å². The minimum atomic E-state index is -1.94. The third-order valence-corrected chi connectivity index (χ3v) is 7.07. The number of unbranched alkanes of at least 4 members (excludes halogenated alkanes) is 12. The second kappa shape index (κ2) is 25.8. The van der Waals surface area contributed by atoms with Crippen LogP contribution < -0.4 is 5.32 Å². The highest BCUT2D eigenvalue weighted by molar-refractivity contribution is 7.40. The number of esters is 1. The monoisotopic (exact) mass is 505 g/mol. The van der Waals surface area contributed by atoms with E-state index in [0.29, 0.717) is 25.5 Å². The SMILES string of the molecule is CCCCCCCCCCCCCCCC(C)CCC(COP(O)OCCNC)OC(=O)CC. The zero-order valence-corrected chi connectivity index (χ0v) is 23.7. The zero-order valence-electron chi connectivity index (χ0n) is 22.8. The fraction of sp³-hybridized carbons (Fsp3) is 0.963. The molecule has 204 valence electrons. The lowest BCUT2D eigenvalue weighted by Crippen LogP contribution is -2.23. The highest BCUT2D eigenvalue weighted by Gasteiger charge is 2.18. The van der Waals surface area contributed by atoms with Crippen molar-refractivity contribution in [2.24, 2.45) is 5.92 Å². The number of likely N-dealkylation sites (N-methyl/N-ethyl adjacent to an activating group) is 1. The molecule has 3 atom stereocenters. The summed E-state index contributed by atoms with van der Waals surface area (Å²) in [7, 11) is -0.113. The molecule has 0 radical (unpaired) electrons. The molecule has 0 rings (SSSR count). The van der Waals surface area contributed by atoms with Gasteiger partial charge in [0.25, 0.3) is 0 Å². The van der Waals surface area contributed by atoms with Crippen molar-refractivity contribution in [1.29, 1.82) is 0 Å². The average Bonchev–Trinajstić information content (AvgIpc) is 2.83. The molecule has 0 saturated carbocycles. The minimum absolute atomic E-state index is 0.180. The molecule has 0 aliphatic rings. The van der Waals surface area contributed by atoms with Gasteiger partial charge in [0.15, 0.2) is 0 Å². The number of rotatable bonds is 26. The molecule has 0 saturated heterocycles. The van der Waals surface area contributed by atoms with Gasteiger partial charge in [0, 0.05) is 13.0 Å². The maximum atomic E-state index is 11.8. The largest absolute Gasteiger partial charge is 0.460 e. The van der Waals surface area contributed by atoms with Crippen LogP contribution in [-0.2, 0) is 18.6 Å². The molecule has 0 aliphatic heterocycles. The van der Waals surface area contributed by atoms with Gasteiger partial charge in [-0.2, -0.15) is 0 Å². The molecule has 0 amide bonds. The van der Waals surface area contributed by atoms with Crippen LogP contribution in [0.3, 0.4) is 0 Å². The number of carbonyl (C=O) groups is 1. The van der Waals surface area contributed by atoms with Crippen LogP contribution in [0.4, 0.5) is 0 Å². The lowest BCUT2D eigenvalue weighted by molar-refractivity contribution is -0.150. The van der Waals surface area contributed by atoms with Gasteiger partial charge in [-0.3, -0.25) is 4.79 Å². The standard InChI is InChI=1S/C27H56NO5P/c1-5-7-8-9-10-11-12-13-14-15-16-17-18-19-25(3)20-21-26(33-27(29)6-2)24-32-34(30)31-23-22-28-4/h25-26,28,30H,5-24H2,1-4H3. The normalized spacial score (nSPS) is 14.1. The summed E-state index contributed by atoms with van der Waals surface area (Å²) in [5, 5.41) is 2.95. The summed E-state index contributed by atoms with van der Waals surface area (Å²) >= 11 is 0. The van der Waals surface area contributed by atoms with E-state index in [1.54, 1.807) is 6.92 Å². The molecule has 34 heavy (non-hydrogen) atoms. The Labute approximate surface area is 212 Å². The Morgan fingerprint density at radius 1 is 0.824 bits per heavy atom. The molecule has 6 nitrogen and oxygen atoms in total. The zero-order chi connectivity index (χ0) is 25.3. The molecule has 0 bridgehead atoms. The van der Waals surface area contributed by atoms with Gasteiger partial charge in [-0.15, -0.1) is 0 Å². The molecule has 0 aromatic carbocycles. The van der Waals surface area contributed by atoms with Crippen molar-refractivity contribution in [1.82, 2.24) is 5.32 Å². The summed E-state index contributed by atoms with van der Waals surface area (Å²) in [5.41, 5.74) is 0. The van der Waals surface area contributed by atoms with Gasteiger partial charge in [-0.25, -0.2) is 0 Å². The molecule has 2 N–H and O–H groups in total. The number of hydrogen-bond donors (Lipinski definition) is 2. The highest BCUT2D eigenvalue weighted by Crippen LogP contribution is 2.33. The summed E-state index contributed by atoms with van der Waals surface area (Å²) in [6, 6.07) is 0. The van der Waals surface area contributed by atoms with Crippen LogP contribution in [-0.4, -0.2) is 43.8 Å². The number of carbonyl (C=O) groups excluding carboxylic acids is 1. The van der Waals surface area contributed by atoms with Gasteiger partial charge >= 0.3 is 14.6 Å². The third-order valence-electron chi connectivity index (χ3n) is 6.29. The minimum Gasteiger partial charge on any atom is -0.460 e. The van der Waals surface area contributed by atoms with Crippen molar-refractivity contribution < 1.29 is 23.5 Å². The van der Waals surface area contributed by atoms with Gasteiger partial charge < -0.3 is 24.0 Å². The van der Waals surface area contributed by atoms with Crippen molar-refractivity contribution in [3.05, 3.63) is 0 Å². The first-order valence-electron chi connectivity index (χ1n) is 14.1. The lowest BCUT2D eigenvalue weighted by Gasteiger charge is -2.21. The van der Waals surface area contributed by atoms with Crippen LogP contribution in [0.25, 0.3) is 0 Å². The van der Waals surface area contributed by atoms with E-state index in [0.717, 1.165) is 12.8 Å².